The van der Waals surface area contributed by atoms with Crippen molar-refractivity contribution in [3.8, 4) is 0 Å². The molecule has 1 aromatic rings. The van der Waals surface area contributed by atoms with Crippen molar-refractivity contribution in [1.29, 1.82) is 0 Å². The minimum Gasteiger partial charge on any atom is -0.368 e. The number of carbonyl (C=O) groups excluding carboxylic acids is 3. The van der Waals surface area contributed by atoms with Gasteiger partial charge in [-0.25, -0.2) is 0 Å². The highest BCUT2D eigenvalue weighted by molar-refractivity contribution is 5.87. The lowest BCUT2D eigenvalue weighted by Crippen LogP contribution is -2.47. The second-order valence-electron chi connectivity index (χ2n) is 6.34. The fourth-order valence-electron chi connectivity index (χ4n) is 2.66. The molecule has 0 aromatic heterocycles. The molecule has 0 radical (unpaired) electrons. The molecule has 0 spiro atoms. The summed E-state index contributed by atoms with van der Waals surface area (Å²) in [7, 11) is 3.41. The van der Waals surface area contributed by atoms with Gasteiger partial charge in [0.1, 0.15) is 0 Å². The molecule has 0 aliphatic rings. The van der Waals surface area contributed by atoms with Gasteiger partial charge in [0.15, 0.2) is 0 Å². The lowest BCUT2D eigenvalue weighted by atomic mass is 10.1. The number of amides is 3. The van der Waals surface area contributed by atoms with E-state index in [1.807, 2.05) is 44.2 Å². The Labute approximate surface area is 174 Å². The average Bonchev–Trinajstić information content (AvgIpc) is 2.74. The molecule has 0 aliphatic heterocycles. The van der Waals surface area contributed by atoms with E-state index in [9.17, 15) is 14.4 Å². The Balaban J connectivity index is 0.00000379. The van der Waals surface area contributed by atoms with Gasteiger partial charge in [-0.15, -0.1) is 0 Å². The van der Waals surface area contributed by atoms with Gasteiger partial charge in [0, 0.05) is 6.54 Å². The van der Waals surface area contributed by atoms with Crippen molar-refractivity contribution in [1.82, 2.24) is 21.3 Å². The number of hydrogen-bond donors (Lipinski definition) is 5. The molecule has 1 aromatic carbocycles. The molecular formula is C21H37N5O3. The minimum atomic E-state index is -0.396. The van der Waals surface area contributed by atoms with E-state index in [0.29, 0.717) is 19.4 Å². The zero-order valence-corrected chi connectivity index (χ0v) is 18.1. The van der Waals surface area contributed by atoms with Crippen LogP contribution in [0.3, 0.4) is 0 Å². The van der Waals surface area contributed by atoms with Gasteiger partial charge in [0.05, 0.1) is 18.6 Å². The van der Waals surface area contributed by atoms with E-state index in [2.05, 4.69) is 21.3 Å². The smallest absolute Gasteiger partial charge is 0.239 e. The minimum absolute atomic E-state index is 0.0633. The molecule has 8 nitrogen and oxygen atoms in total. The van der Waals surface area contributed by atoms with E-state index < -0.39 is 6.04 Å². The summed E-state index contributed by atoms with van der Waals surface area (Å²) in [6.07, 6.45) is 2.68. The normalized spacial score (nSPS) is 12.1. The summed E-state index contributed by atoms with van der Waals surface area (Å²) in [6, 6.07) is 8.96. The standard InChI is InChI=1S/C19H31N5O3.C2H6/c1-21-15(18(20)26)10-6-7-11-23-17(25)13-24-19(27)16(22-2)12-14-8-4-3-5-9-14;1-2/h3-5,8-9,15-16,21-22H,6-7,10-13H2,1-2H3,(H2,20,26)(H,23,25)(H,24,27);1-2H3. The molecule has 6 N–H and O–H groups in total. The van der Waals surface area contributed by atoms with Crippen LogP contribution in [0.25, 0.3) is 0 Å². The first-order valence-corrected chi connectivity index (χ1v) is 10.2. The number of unbranched alkanes of at least 4 members (excludes halogenated alkanes) is 1. The Kier molecular flexibility index (Phi) is 15.1. The number of carbonyl (C=O) groups is 3. The van der Waals surface area contributed by atoms with Crippen molar-refractivity contribution in [3.05, 3.63) is 35.9 Å². The molecule has 3 amide bonds. The summed E-state index contributed by atoms with van der Waals surface area (Å²) < 4.78 is 0. The molecule has 2 unspecified atom stereocenters. The number of likely N-dealkylation sites (N-methyl/N-ethyl adjacent to an activating group) is 2. The summed E-state index contributed by atoms with van der Waals surface area (Å²) >= 11 is 0. The molecule has 164 valence electrons. The van der Waals surface area contributed by atoms with Gasteiger partial charge in [0.25, 0.3) is 0 Å². The third-order valence-electron chi connectivity index (χ3n) is 4.30. The monoisotopic (exact) mass is 407 g/mol. The summed E-state index contributed by atoms with van der Waals surface area (Å²) in [6.45, 7) is 4.43. The van der Waals surface area contributed by atoms with E-state index in [4.69, 9.17) is 5.73 Å². The second kappa shape index (κ2) is 16.5. The maximum atomic E-state index is 12.2. The van der Waals surface area contributed by atoms with Gasteiger partial charge in [-0.3, -0.25) is 14.4 Å². The van der Waals surface area contributed by atoms with Crippen molar-refractivity contribution in [2.45, 2.75) is 51.6 Å². The van der Waals surface area contributed by atoms with Crippen LogP contribution in [0.5, 0.6) is 0 Å². The van der Waals surface area contributed by atoms with Crippen LogP contribution in [0, 0.1) is 0 Å². The summed E-state index contributed by atoms with van der Waals surface area (Å²) in [5.74, 6) is -0.827. The largest absolute Gasteiger partial charge is 0.368 e. The van der Waals surface area contributed by atoms with Crippen molar-refractivity contribution in [2.75, 3.05) is 27.2 Å². The zero-order valence-electron chi connectivity index (χ0n) is 18.1. The first-order chi connectivity index (χ1) is 14.0. The molecule has 29 heavy (non-hydrogen) atoms. The molecule has 0 saturated carbocycles. The molecule has 2 atom stereocenters. The third-order valence-corrected chi connectivity index (χ3v) is 4.30. The molecule has 0 aliphatic carbocycles. The fraction of sp³-hybridized carbons (Fsp3) is 0.571. The number of primary amides is 1. The first-order valence-electron chi connectivity index (χ1n) is 10.2. The second-order valence-corrected chi connectivity index (χ2v) is 6.34. The van der Waals surface area contributed by atoms with Crippen molar-refractivity contribution in [3.63, 3.8) is 0 Å². The van der Waals surface area contributed by atoms with Crippen LogP contribution in [0.1, 0.15) is 38.7 Å². The molecule has 8 heteroatoms. The van der Waals surface area contributed by atoms with Gasteiger partial charge in [-0.2, -0.15) is 0 Å². The molecular weight excluding hydrogens is 370 g/mol. The average molecular weight is 408 g/mol. The maximum Gasteiger partial charge on any atom is 0.239 e. The Bertz CT molecular complexity index is 595. The van der Waals surface area contributed by atoms with Crippen LogP contribution >= 0.6 is 0 Å². The van der Waals surface area contributed by atoms with Crippen LogP contribution in [0.4, 0.5) is 0 Å². The van der Waals surface area contributed by atoms with Crippen LogP contribution < -0.4 is 27.0 Å². The molecule has 1 rings (SSSR count). The number of hydrogen-bond acceptors (Lipinski definition) is 5. The fourth-order valence-corrected chi connectivity index (χ4v) is 2.66. The third kappa shape index (κ3) is 11.9. The van der Waals surface area contributed by atoms with E-state index in [-0.39, 0.29) is 30.3 Å². The molecule has 0 fully saturated rings. The quantitative estimate of drug-likeness (QED) is 0.301. The Morgan fingerprint density at radius 3 is 2.10 bits per heavy atom. The lowest BCUT2D eigenvalue weighted by Gasteiger charge is -2.16. The van der Waals surface area contributed by atoms with Crippen LogP contribution in [0.15, 0.2) is 30.3 Å². The Morgan fingerprint density at radius 2 is 1.55 bits per heavy atom. The van der Waals surface area contributed by atoms with Crippen molar-refractivity contribution >= 4 is 17.7 Å². The Morgan fingerprint density at radius 1 is 0.931 bits per heavy atom. The van der Waals surface area contributed by atoms with Crippen LogP contribution in [0.2, 0.25) is 0 Å². The summed E-state index contributed by atoms with van der Waals surface area (Å²) in [5, 5.41) is 11.2. The SMILES string of the molecule is CC.CNC(CCCCNC(=O)CNC(=O)C(Cc1ccccc1)NC)C(N)=O. The molecule has 0 bridgehead atoms. The predicted octanol–water partition coefficient (Wildman–Crippen LogP) is 0.319. The van der Waals surface area contributed by atoms with E-state index in [1.165, 1.54) is 0 Å². The predicted molar refractivity (Wildman–Crippen MR) is 116 cm³/mol. The highest BCUT2D eigenvalue weighted by Crippen LogP contribution is 2.03. The number of rotatable bonds is 13. The van der Waals surface area contributed by atoms with E-state index in [1.54, 1.807) is 14.1 Å². The number of benzene rings is 1. The van der Waals surface area contributed by atoms with Crippen LogP contribution in [-0.2, 0) is 20.8 Å². The van der Waals surface area contributed by atoms with Gasteiger partial charge in [-0.1, -0.05) is 44.2 Å². The van der Waals surface area contributed by atoms with E-state index >= 15 is 0 Å². The highest BCUT2D eigenvalue weighted by Gasteiger charge is 2.17. The Hall–Kier alpha value is -2.45. The number of nitrogens with two attached hydrogens (primary N) is 1. The topological polar surface area (TPSA) is 125 Å². The first kappa shape index (κ1) is 26.6. The summed E-state index contributed by atoms with van der Waals surface area (Å²) in [5.41, 5.74) is 6.29. The highest BCUT2D eigenvalue weighted by atomic mass is 16.2. The zero-order chi connectivity index (χ0) is 22.1. The van der Waals surface area contributed by atoms with Gasteiger partial charge in [-0.05, 0) is 45.3 Å². The van der Waals surface area contributed by atoms with Crippen LogP contribution in [-0.4, -0.2) is 57.0 Å². The van der Waals surface area contributed by atoms with Crippen molar-refractivity contribution < 1.29 is 14.4 Å². The van der Waals surface area contributed by atoms with Crippen molar-refractivity contribution in [2.24, 2.45) is 5.73 Å². The van der Waals surface area contributed by atoms with Gasteiger partial charge in [0.2, 0.25) is 17.7 Å². The molecule has 0 heterocycles. The summed E-state index contributed by atoms with van der Waals surface area (Å²) in [4.78, 5) is 35.2. The maximum absolute atomic E-state index is 12.2. The van der Waals surface area contributed by atoms with E-state index in [0.717, 1.165) is 18.4 Å². The molecule has 0 saturated heterocycles. The number of nitrogens with one attached hydrogen (secondary N) is 4. The van der Waals surface area contributed by atoms with Gasteiger partial charge >= 0.3 is 0 Å². The van der Waals surface area contributed by atoms with Gasteiger partial charge < -0.3 is 27.0 Å². The lowest BCUT2D eigenvalue weighted by molar-refractivity contribution is -0.127.